The molecule has 0 aliphatic carbocycles. The van der Waals surface area contributed by atoms with Crippen molar-refractivity contribution in [2.45, 2.75) is 38.6 Å². The van der Waals surface area contributed by atoms with E-state index in [0.717, 1.165) is 23.8 Å². The van der Waals surface area contributed by atoms with Crippen LogP contribution in [0.1, 0.15) is 32.3 Å². The second-order valence-corrected chi connectivity index (χ2v) is 5.34. The minimum absolute atomic E-state index is 0.0214. The molecule has 0 saturated carbocycles. The number of nitrogens with one attached hydrogen (secondary N) is 1. The molecule has 2 rings (SSSR count). The SMILES string of the molecule is C#CC(CC)(CC)NC(=O)Cc1ccc2ccccc2c1. The van der Waals surface area contributed by atoms with Crippen molar-refractivity contribution in [3.05, 3.63) is 48.0 Å². The number of rotatable bonds is 5. The molecule has 0 aromatic heterocycles. The smallest absolute Gasteiger partial charge is 0.225 e. The highest BCUT2D eigenvalue weighted by molar-refractivity contribution is 5.85. The molecule has 2 aromatic carbocycles. The Morgan fingerprint density at radius 3 is 2.43 bits per heavy atom. The molecule has 1 amide bonds. The highest BCUT2D eigenvalue weighted by Gasteiger charge is 2.25. The molecular formula is C19H21NO. The second-order valence-electron chi connectivity index (χ2n) is 5.34. The standard InChI is InChI=1S/C19H21NO/c1-4-19(5-2,6-3)20-18(21)14-15-11-12-16-9-7-8-10-17(16)13-15/h1,7-13H,5-6,14H2,2-3H3,(H,20,21). The van der Waals surface area contributed by atoms with Gasteiger partial charge < -0.3 is 5.32 Å². The van der Waals surface area contributed by atoms with Crippen LogP contribution in [0.2, 0.25) is 0 Å². The third-order valence-corrected chi connectivity index (χ3v) is 4.04. The molecule has 0 radical (unpaired) electrons. The average Bonchev–Trinajstić information content (AvgIpc) is 2.52. The number of terminal acetylenes is 1. The summed E-state index contributed by atoms with van der Waals surface area (Å²) in [6.07, 6.45) is 7.41. The van der Waals surface area contributed by atoms with Gasteiger partial charge in [0.05, 0.1) is 6.42 Å². The van der Waals surface area contributed by atoms with Gasteiger partial charge in [-0.25, -0.2) is 0 Å². The Labute approximate surface area is 126 Å². The Morgan fingerprint density at radius 2 is 1.81 bits per heavy atom. The molecule has 108 valence electrons. The van der Waals surface area contributed by atoms with Crippen LogP contribution in [-0.4, -0.2) is 11.4 Å². The summed E-state index contributed by atoms with van der Waals surface area (Å²) in [5.74, 6) is 2.71. The maximum absolute atomic E-state index is 12.2. The first kappa shape index (κ1) is 15.1. The normalized spacial score (nSPS) is 11.1. The van der Waals surface area contributed by atoms with Crippen molar-refractivity contribution in [3.63, 3.8) is 0 Å². The van der Waals surface area contributed by atoms with E-state index in [0.29, 0.717) is 6.42 Å². The molecule has 0 fully saturated rings. The quantitative estimate of drug-likeness (QED) is 0.831. The van der Waals surface area contributed by atoms with E-state index in [2.05, 4.69) is 29.4 Å². The maximum atomic E-state index is 12.2. The summed E-state index contributed by atoms with van der Waals surface area (Å²) in [6.45, 7) is 4.00. The lowest BCUT2D eigenvalue weighted by Crippen LogP contribution is -2.47. The summed E-state index contributed by atoms with van der Waals surface area (Å²) >= 11 is 0. The Balaban J connectivity index is 2.13. The fourth-order valence-corrected chi connectivity index (χ4v) is 2.51. The molecule has 0 heterocycles. The van der Waals surface area contributed by atoms with Gasteiger partial charge in [0.1, 0.15) is 5.54 Å². The Kier molecular flexibility index (Phi) is 4.65. The zero-order chi connectivity index (χ0) is 15.3. The number of hydrogen-bond acceptors (Lipinski definition) is 1. The van der Waals surface area contributed by atoms with Crippen molar-refractivity contribution >= 4 is 16.7 Å². The number of carbonyl (C=O) groups excluding carboxylic acids is 1. The summed E-state index contributed by atoms with van der Waals surface area (Å²) in [5.41, 5.74) is 0.484. The van der Waals surface area contributed by atoms with Crippen molar-refractivity contribution in [3.8, 4) is 12.3 Å². The number of hydrogen-bond donors (Lipinski definition) is 1. The molecule has 2 heteroatoms. The van der Waals surface area contributed by atoms with Gasteiger partial charge in [0, 0.05) is 0 Å². The van der Waals surface area contributed by atoms with Crippen LogP contribution >= 0.6 is 0 Å². The Bertz CT molecular complexity index is 677. The third-order valence-electron chi connectivity index (χ3n) is 4.04. The van der Waals surface area contributed by atoms with Crippen LogP contribution in [0.15, 0.2) is 42.5 Å². The molecular weight excluding hydrogens is 258 g/mol. The van der Waals surface area contributed by atoms with Crippen molar-refractivity contribution in [1.29, 1.82) is 0 Å². The third kappa shape index (κ3) is 3.44. The zero-order valence-electron chi connectivity index (χ0n) is 12.6. The van der Waals surface area contributed by atoms with Gasteiger partial charge >= 0.3 is 0 Å². The topological polar surface area (TPSA) is 29.1 Å². The van der Waals surface area contributed by atoms with E-state index in [-0.39, 0.29) is 5.91 Å². The largest absolute Gasteiger partial charge is 0.340 e. The molecule has 0 atom stereocenters. The zero-order valence-corrected chi connectivity index (χ0v) is 12.6. The Morgan fingerprint density at radius 1 is 1.14 bits per heavy atom. The molecule has 0 spiro atoms. The second kappa shape index (κ2) is 6.45. The number of fused-ring (bicyclic) bond motifs is 1. The van der Waals surface area contributed by atoms with E-state index < -0.39 is 5.54 Å². The highest BCUT2D eigenvalue weighted by atomic mass is 16.1. The van der Waals surface area contributed by atoms with Gasteiger partial charge in [0.2, 0.25) is 5.91 Å². The van der Waals surface area contributed by atoms with Crippen LogP contribution in [0.4, 0.5) is 0 Å². The van der Waals surface area contributed by atoms with Gasteiger partial charge in [0.25, 0.3) is 0 Å². The van der Waals surface area contributed by atoms with Crippen LogP contribution in [0.5, 0.6) is 0 Å². The van der Waals surface area contributed by atoms with Crippen molar-refractivity contribution < 1.29 is 4.79 Å². The number of carbonyl (C=O) groups is 1. The predicted octanol–water partition coefficient (Wildman–Crippen LogP) is 3.69. The lowest BCUT2D eigenvalue weighted by atomic mass is 9.93. The van der Waals surface area contributed by atoms with Gasteiger partial charge in [-0.05, 0) is 29.2 Å². The summed E-state index contributed by atoms with van der Waals surface area (Å²) in [5, 5.41) is 5.33. The number of amides is 1. The molecule has 21 heavy (non-hydrogen) atoms. The first-order valence-corrected chi connectivity index (χ1v) is 7.39. The van der Waals surface area contributed by atoms with Crippen LogP contribution < -0.4 is 5.32 Å². The molecule has 0 bridgehead atoms. The molecule has 1 N–H and O–H groups in total. The van der Waals surface area contributed by atoms with E-state index in [1.54, 1.807) is 0 Å². The molecule has 2 nitrogen and oxygen atoms in total. The first-order valence-electron chi connectivity index (χ1n) is 7.39. The summed E-state index contributed by atoms with van der Waals surface area (Å²) in [7, 11) is 0. The average molecular weight is 279 g/mol. The van der Waals surface area contributed by atoms with Crippen LogP contribution in [-0.2, 0) is 11.2 Å². The summed E-state index contributed by atoms with van der Waals surface area (Å²) in [6, 6.07) is 14.2. The minimum atomic E-state index is -0.520. The van der Waals surface area contributed by atoms with Gasteiger partial charge in [0.15, 0.2) is 0 Å². The summed E-state index contributed by atoms with van der Waals surface area (Å²) in [4.78, 5) is 12.2. The molecule has 0 saturated heterocycles. The van der Waals surface area contributed by atoms with Crippen molar-refractivity contribution in [1.82, 2.24) is 5.32 Å². The van der Waals surface area contributed by atoms with Crippen LogP contribution in [0.3, 0.4) is 0 Å². The number of benzene rings is 2. The molecule has 0 aliphatic rings. The van der Waals surface area contributed by atoms with E-state index in [1.807, 2.05) is 38.1 Å². The van der Waals surface area contributed by atoms with E-state index >= 15 is 0 Å². The molecule has 0 unspecified atom stereocenters. The van der Waals surface area contributed by atoms with Gasteiger partial charge in [-0.1, -0.05) is 62.2 Å². The Hall–Kier alpha value is -2.27. The van der Waals surface area contributed by atoms with Gasteiger partial charge in [-0.15, -0.1) is 6.42 Å². The van der Waals surface area contributed by atoms with E-state index in [9.17, 15) is 4.79 Å². The molecule has 0 aliphatic heterocycles. The van der Waals surface area contributed by atoms with E-state index in [1.165, 1.54) is 5.39 Å². The van der Waals surface area contributed by atoms with Crippen LogP contribution in [0.25, 0.3) is 10.8 Å². The lowest BCUT2D eigenvalue weighted by Gasteiger charge is -2.27. The van der Waals surface area contributed by atoms with Crippen molar-refractivity contribution in [2.24, 2.45) is 0 Å². The fraction of sp³-hybridized carbons (Fsp3) is 0.316. The van der Waals surface area contributed by atoms with Crippen LogP contribution in [0, 0.1) is 12.3 Å². The molecule has 2 aromatic rings. The maximum Gasteiger partial charge on any atom is 0.225 e. The van der Waals surface area contributed by atoms with Gasteiger partial charge in [-0.3, -0.25) is 4.79 Å². The lowest BCUT2D eigenvalue weighted by molar-refractivity contribution is -0.121. The monoisotopic (exact) mass is 279 g/mol. The first-order chi connectivity index (χ1) is 10.1. The fourth-order valence-electron chi connectivity index (χ4n) is 2.51. The highest BCUT2D eigenvalue weighted by Crippen LogP contribution is 2.17. The minimum Gasteiger partial charge on any atom is -0.340 e. The van der Waals surface area contributed by atoms with Crippen molar-refractivity contribution in [2.75, 3.05) is 0 Å². The summed E-state index contributed by atoms with van der Waals surface area (Å²) < 4.78 is 0. The van der Waals surface area contributed by atoms with Gasteiger partial charge in [-0.2, -0.15) is 0 Å². The predicted molar refractivity (Wildman–Crippen MR) is 87.9 cm³/mol. The van der Waals surface area contributed by atoms with E-state index in [4.69, 9.17) is 6.42 Å².